The number of hydrogen-bond donors (Lipinski definition) is 1. The third kappa shape index (κ3) is 5.81. The number of para-hydroxylation sites is 2. The number of hydrogen-bond acceptors (Lipinski definition) is 3. The highest BCUT2D eigenvalue weighted by atomic mass is 16.5. The van der Waals surface area contributed by atoms with Gasteiger partial charge in [-0.2, -0.15) is 0 Å². The van der Waals surface area contributed by atoms with Gasteiger partial charge in [0.15, 0.2) is 0 Å². The number of nitrogens with zero attached hydrogens (tertiary/aromatic N) is 1. The molecule has 4 nitrogen and oxygen atoms in total. The topological polar surface area (TPSA) is 59.4 Å². The van der Waals surface area contributed by atoms with Crippen LogP contribution in [0.15, 0.2) is 60.8 Å². The maximum Gasteiger partial charge on any atom is 0.303 e. The first-order chi connectivity index (χ1) is 13.2. The molecule has 1 heterocycles. The Morgan fingerprint density at radius 3 is 2.63 bits per heavy atom. The molecule has 0 saturated heterocycles. The second kappa shape index (κ2) is 9.72. The SMILES string of the molecule is O=C(O)CCCCCCc1ccccc1OCc1cnc2ccccc2c1. The number of rotatable bonds is 10. The molecule has 0 spiro atoms. The van der Waals surface area contributed by atoms with Crippen LogP contribution in [0, 0.1) is 0 Å². The highest BCUT2D eigenvalue weighted by Crippen LogP contribution is 2.22. The Hall–Kier alpha value is -2.88. The van der Waals surface area contributed by atoms with Crippen molar-refractivity contribution in [1.82, 2.24) is 4.98 Å². The van der Waals surface area contributed by atoms with E-state index in [0.29, 0.717) is 6.61 Å². The summed E-state index contributed by atoms with van der Waals surface area (Å²) < 4.78 is 6.06. The van der Waals surface area contributed by atoms with Gasteiger partial charge in [0.05, 0.1) is 5.52 Å². The standard InChI is InChI=1S/C23H25NO3/c25-23(26)14-4-2-1-3-9-19-10-6-8-13-22(19)27-17-18-15-20-11-5-7-12-21(20)24-16-18/h5-8,10-13,15-16H,1-4,9,14,17H2,(H,25,26). The van der Waals surface area contributed by atoms with E-state index in [1.165, 1.54) is 5.56 Å². The van der Waals surface area contributed by atoms with E-state index in [1.807, 2.05) is 42.6 Å². The average molecular weight is 363 g/mol. The third-order valence-corrected chi connectivity index (χ3v) is 4.60. The van der Waals surface area contributed by atoms with Gasteiger partial charge in [0.25, 0.3) is 0 Å². The van der Waals surface area contributed by atoms with E-state index in [9.17, 15) is 4.79 Å². The van der Waals surface area contributed by atoms with Crippen LogP contribution in [0.4, 0.5) is 0 Å². The Bertz CT molecular complexity index is 891. The summed E-state index contributed by atoms with van der Waals surface area (Å²) in [5.41, 5.74) is 3.24. The Balaban J connectivity index is 1.53. The van der Waals surface area contributed by atoms with Gasteiger partial charge < -0.3 is 9.84 Å². The van der Waals surface area contributed by atoms with Crippen molar-refractivity contribution in [2.75, 3.05) is 0 Å². The molecule has 0 aliphatic rings. The van der Waals surface area contributed by atoms with Crippen molar-refractivity contribution in [3.8, 4) is 5.75 Å². The normalized spacial score (nSPS) is 10.8. The van der Waals surface area contributed by atoms with Crippen LogP contribution in [-0.4, -0.2) is 16.1 Å². The second-order valence-corrected chi connectivity index (χ2v) is 6.74. The lowest BCUT2D eigenvalue weighted by atomic mass is 10.0. The number of ether oxygens (including phenoxy) is 1. The molecular weight excluding hydrogens is 338 g/mol. The zero-order valence-electron chi connectivity index (χ0n) is 15.4. The van der Waals surface area contributed by atoms with E-state index < -0.39 is 5.97 Å². The number of carboxylic acids is 1. The molecule has 1 aromatic heterocycles. The molecule has 4 heteroatoms. The number of aryl methyl sites for hydroxylation is 1. The molecule has 3 aromatic rings. The first-order valence-electron chi connectivity index (χ1n) is 9.48. The molecule has 3 rings (SSSR count). The minimum atomic E-state index is -0.711. The number of benzene rings is 2. The molecule has 0 bridgehead atoms. The van der Waals surface area contributed by atoms with E-state index in [1.54, 1.807) is 0 Å². The van der Waals surface area contributed by atoms with Crippen LogP contribution in [0.5, 0.6) is 5.75 Å². The number of carbonyl (C=O) groups is 1. The lowest BCUT2D eigenvalue weighted by Gasteiger charge is -2.12. The van der Waals surface area contributed by atoms with E-state index in [-0.39, 0.29) is 6.42 Å². The first kappa shape index (κ1) is 18.9. The van der Waals surface area contributed by atoms with Crippen LogP contribution < -0.4 is 4.74 Å². The third-order valence-electron chi connectivity index (χ3n) is 4.60. The van der Waals surface area contributed by atoms with E-state index in [4.69, 9.17) is 9.84 Å². The number of fused-ring (bicyclic) bond motifs is 1. The minimum Gasteiger partial charge on any atom is -0.489 e. The minimum absolute atomic E-state index is 0.263. The summed E-state index contributed by atoms with van der Waals surface area (Å²) in [4.78, 5) is 15.0. The summed E-state index contributed by atoms with van der Waals surface area (Å²) in [5.74, 6) is 0.202. The number of carboxylic acid groups (broad SMARTS) is 1. The van der Waals surface area contributed by atoms with E-state index >= 15 is 0 Å². The van der Waals surface area contributed by atoms with Crippen LogP contribution in [0.3, 0.4) is 0 Å². The van der Waals surface area contributed by atoms with Gasteiger partial charge in [-0.15, -0.1) is 0 Å². The number of unbranched alkanes of at least 4 members (excludes halogenated alkanes) is 3. The highest BCUT2D eigenvalue weighted by Gasteiger charge is 2.05. The molecule has 2 aromatic carbocycles. The van der Waals surface area contributed by atoms with Crippen LogP contribution in [-0.2, 0) is 17.8 Å². The molecule has 1 N–H and O–H groups in total. The highest BCUT2D eigenvalue weighted by molar-refractivity contribution is 5.78. The zero-order chi connectivity index (χ0) is 18.9. The van der Waals surface area contributed by atoms with E-state index in [0.717, 1.165) is 54.3 Å². The van der Waals surface area contributed by atoms with Gasteiger partial charge in [-0.25, -0.2) is 0 Å². The van der Waals surface area contributed by atoms with Crippen molar-refractivity contribution in [2.45, 2.75) is 45.1 Å². The van der Waals surface area contributed by atoms with Gasteiger partial charge in [-0.1, -0.05) is 49.2 Å². The van der Waals surface area contributed by atoms with Crippen LogP contribution in [0.25, 0.3) is 10.9 Å². The molecular formula is C23H25NO3. The van der Waals surface area contributed by atoms with Gasteiger partial charge in [0.2, 0.25) is 0 Å². The first-order valence-corrected chi connectivity index (χ1v) is 9.48. The molecule has 0 fully saturated rings. The summed E-state index contributed by atoms with van der Waals surface area (Å²) in [6, 6.07) is 18.3. The van der Waals surface area contributed by atoms with Crippen molar-refractivity contribution in [3.05, 3.63) is 71.9 Å². The molecule has 0 unspecified atom stereocenters. The average Bonchev–Trinajstić information content (AvgIpc) is 2.69. The molecule has 0 atom stereocenters. The molecule has 27 heavy (non-hydrogen) atoms. The predicted molar refractivity (Wildman–Crippen MR) is 107 cm³/mol. The number of pyridine rings is 1. The quantitative estimate of drug-likeness (QED) is 0.491. The summed E-state index contributed by atoms with van der Waals surface area (Å²) in [5, 5.41) is 9.79. The fourth-order valence-corrected chi connectivity index (χ4v) is 3.15. The van der Waals surface area contributed by atoms with Gasteiger partial charge >= 0.3 is 5.97 Å². The maximum absolute atomic E-state index is 10.5. The Labute approximate surface area is 159 Å². The largest absolute Gasteiger partial charge is 0.489 e. The van der Waals surface area contributed by atoms with Crippen molar-refractivity contribution in [2.24, 2.45) is 0 Å². The second-order valence-electron chi connectivity index (χ2n) is 6.74. The van der Waals surface area contributed by atoms with Gasteiger partial charge in [-0.3, -0.25) is 9.78 Å². The van der Waals surface area contributed by atoms with Crippen molar-refractivity contribution >= 4 is 16.9 Å². The van der Waals surface area contributed by atoms with Crippen LogP contribution in [0.1, 0.15) is 43.2 Å². The van der Waals surface area contributed by atoms with E-state index in [2.05, 4.69) is 23.2 Å². The summed E-state index contributed by atoms with van der Waals surface area (Å²) >= 11 is 0. The Morgan fingerprint density at radius 2 is 1.74 bits per heavy atom. The number of aliphatic carboxylic acids is 1. The fourth-order valence-electron chi connectivity index (χ4n) is 3.15. The smallest absolute Gasteiger partial charge is 0.303 e. The summed E-state index contributed by atoms with van der Waals surface area (Å²) in [6.45, 7) is 0.494. The monoisotopic (exact) mass is 363 g/mol. The molecule has 0 saturated carbocycles. The number of aromatic nitrogens is 1. The zero-order valence-corrected chi connectivity index (χ0v) is 15.4. The maximum atomic E-state index is 10.5. The van der Waals surface area contributed by atoms with Gasteiger partial charge in [-0.05, 0) is 43.0 Å². The summed E-state index contributed by atoms with van der Waals surface area (Å²) in [7, 11) is 0. The molecule has 0 aliphatic carbocycles. The van der Waals surface area contributed by atoms with Crippen molar-refractivity contribution in [3.63, 3.8) is 0 Å². The molecule has 140 valence electrons. The Morgan fingerprint density at radius 1 is 0.963 bits per heavy atom. The fraction of sp³-hybridized carbons (Fsp3) is 0.304. The lowest BCUT2D eigenvalue weighted by Crippen LogP contribution is -2.00. The summed E-state index contributed by atoms with van der Waals surface area (Å²) in [6.07, 6.45) is 6.86. The van der Waals surface area contributed by atoms with Gasteiger partial charge in [0, 0.05) is 23.6 Å². The lowest BCUT2D eigenvalue weighted by molar-refractivity contribution is -0.137. The molecule has 0 amide bonds. The Kier molecular flexibility index (Phi) is 6.80. The molecule has 0 radical (unpaired) electrons. The van der Waals surface area contributed by atoms with Crippen LogP contribution in [0.2, 0.25) is 0 Å². The van der Waals surface area contributed by atoms with Crippen molar-refractivity contribution in [1.29, 1.82) is 0 Å². The van der Waals surface area contributed by atoms with Crippen molar-refractivity contribution < 1.29 is 14.6 Å². The van der Waals surface area contributed by atoms with Gasteiger partial charge in [0.1, 0.15) is 12.4 Å². The molecule has 0 aliphatic heterocycles. The van der Waals surface area contributed by atoms with Crippen LogP contribution >= 0.6 is 0 Å². The predicted octanol–water partition coefficient (Wildman–Crippen LogP) is 5.39.